The Bertz CT molecular complexity index is 482. The standard InChI is InChI=1S/C13H20BrN5O/c1-3-5-15-12-11(14)13(17-9-16-12)19-7-4-6-18(2)10(20)8-19/h9H,3-8H2,1-2H3,(H,15,16,17). The highest BCUT2D eigenvalue weighted by molar-refractivity contribution is 9.10. The number of likely N-dealkylation sites (N-methyl/N-ethyl adjacent to an activating group) is 1. The summed E-state index contributed by atoms with van der Waals surface area (Å²) in [6, 6.07) is 0. The fourth-order valence-electron chi connectivity index (χ4n) is 2.11. The molecule has 1 aromatic heterocycles. The van der Waals surface area contributed by atoms with Gasteiger partial charge >= 0.3 is 0 Å². The molecule has 2 rings (SSSR count). The van der Waals surface area contributed by atoms with Crippen LogP contribution in [0.1, 0.15) is 19.8 Å². The Morgan fingerprint density at radius 2 is 2.20 bits per heavy atom. The van der Waals surface area contributed by atoms with Crippen LogP contribution in [-0.4, -0.2) is 54.0 Å². The summed E-state index contributed by atoms with van der Waals surface area (Å²) in [6.45, 7) is 4.93. The first-order chi connectivity index (χ1) is 9.63. The first kappa shape index (κ1) is 15.0. The van der Waals surface area contributed by atoms with Gasteiger partial charge in [-0.2, -0.15) is 0 Å². The first-order valence-corrected chi connectivity index (χ1v) is 7.66. The predicted molar refractivity (Wildman–Crippen MR) is 83.0 cm³/mol. The molecule has 0 radical (unpaired) electrons. The van der Waals surface area contributed by atoms with E-state index in [-0.39, 0.29) is 5.91 Å². The lowest BCUT2D eigenvalue weighted by Crippen LogP contribution is -2.35. The number of carbonyl (C=O) groups excluding carboxylic acids is 1. The summed E-state index contributed by atoms with van der Waals surface area (Å²) in [7, 11) is 1.84. The second-order valence-electron chi connectivity index (χ2n) is 4.88. The highest BCUT2D eigenvalue weighted by Crippen LogP contribution is 2.30. The molecule has 1 saturated heterocycles. The van der Waals surface area contributed by atoms with Crippen molar-refractivity contribution in [3.05, 3.63) is 10.8 Å². The Morgan fingerprint density at radius 3 is 2.95 bits per heavy atom. The molecule has 0 aromatic carbocycles. The predicted octanol–water partition coefficient (Wildman–Crippen LogP) is 1.73. The van der Waals surface area contributed by atoms with Gasteiger partial charge in [0.25, 0.3) is 0 Å². The van der Waals surface area contributed by atoms with E-state index >= 15 is 0 Å². The maximum Gasteiger partial charge on any atom is 0.241 e. The van der Waals surface area contributed by atoms with Gasteiger partial charge in [0.1, 0.15) is 22.4 Å². The molecule has 1 aliphatic rings. The zero-order chi connectivity index (χ0) is 14.5. The summed E-state index contributed by atoms with van der Waals surface area (Å²) in [5.74, 6) is 1.68. The number of nitrogens with one attached hydrogen (secondary N) is 1. The van der Waals surface area contributed by atoms with Gasteiger partial charge in [0.05, 0.1) is 6.54 Å². The van der Waals surface area contributed by atoms with Gasteiger partial charge in [0.2, 0.25) is 5.91 Å². The van der Waals surface area contributed by atoms with Gasteiger partial charge in [-0.05, 0) is 28.8 Å². The van der Waals surface area contributed by atoms with Crippen LogP contribution >= 0.6 is 15.9 Å². The summed E-state index contributed by atoms with van der Waals surface area (Å²) in [6.07, 6.45) is 3.51. The third-order valence-electron chi connectivity index (χ3n) is 3.29. The number of hydrogen-bond acceptors (Lipinski definition) is 5. The number of rotatable bonds is 4. The fraction of sp³-hybridized carbons (Fsp3) is 0.615. The molecule has 0 atom stereocenters. The number of anilines is 2. The molecular formula is C13H20BrN5O. The average molecular weight is 342 g/mol. The van der Waals surface area contributed by atoms with Crippen LogP contribution in [0.5, 0.6) is 0 Å². The quantitative estimate of drug-likeness (QED) is 0.903. The number of carbonyl (C=O) groups is 1. The third kappa shape index (κ3) is 3.39. The summed E-state index contributed by atoms with van der Waals surface area (Å²) in [5.41, 5.74) is 0. The minimum Gasteiger partial charge on any atom is -0.369 e. The van der Waals surface area contributed by atoms with Gasteiger partial charge in [-0.25, -0.2) is 9.97 Å². The van der Waals surface area contributed by atoms with Crippen molar-refractivity contribution in [2.24, 2.45) is 0 Å². The second kappa shape index (κ2) is 6.88. The van der Waals surface area contributed by atoms with E-state index in [0.29, 0.717) is 6.54 Å². The van der Waals surface area contributed by atoms with Gasteiger partial charge < -0.3 is 15.1 Å². The van der Waals surface area contributed by atoms with E-state index in [4.69, 9.17) is 0 Å². The van der Waals surface area contributed by atoms with Crippen LogP contribution in [0.2, 0.25) is 0 Å². The molecular weight excluding hydrogens is 322 g/mol. The van der Waals surface area contributed by atoms with E-state index in [1.165, 1.54) is 6.33 Å². The largest absolute Gasteiger partial charge is 0.369 e. The van der Waals surface area contributed by atoms with Crippen LogP contribution in [0, 0.1) is 0 Å². The number of amides is 1. The maximum atomic E-state index is 12.0. The Hall–Kier alpha value is -1.37. The number of nitrogens with zero attached hydrogens (tertiary/aromatic N) is 4. The minimum absolute atomic E-state index is 0.121. The highest BCUT2D eigenvalue weighted by atomic mass is 79.9. The number of hydrogen-bond donors (Lipinski definition) is 1. The smallest absolute Gasteiger partial charge is 0.241 e. The molecule has 1 aromatic rings. The molecule has 20 heavy (non-hydrogen) atoms. The van der Waals surface area contributed by atoms with E-state index in [2.05, 4.69) is 38.1 Å². The number of halogens is 1. The first-order valence-electron chi connectivity index (χ1n) is 6.86. The second-order valence-corrected chi connectivity index (χ2v) is 5.67. The van der Waals surface area contributed by atoms with E-state index in [9.17, 15) is 4.79 Å². The van der Waals surface area contributed by atoms with Crippen LogP contribution in [-0.2, 0) is 4.79 Å². The summed E-state index contributed by atoms with van der Waals surface area (Å²) in [4.78, 5) is 24.3. The fourth-order valence-corrected chi connectivity index (χ4v) is 2.71. The van der Waals surface area contributed by atoms with Crippen molar-refractivity contribution in [1.82, 2.24) is 14.9 Å². The topological polar surface area (TPSA) is 61.4 Å². The summed E-state index contributed by atoms with van der Waals surface area (Å²) in [5, 5.41) is 3.26. The molecule has 1 amide bonds. The van der Waals surface area contributed by atoms with Crippen LogP contribution < -0.4 is 10.2 Å². The zero-order valence-corrected chi connectivity index (χ0v) is 13.5. The van der Waals surface area contributed by atoms with E-state index < -0.39 is 0 Å². The molecule has 0 unspecified atom stereocenters. The Morgan fingerprint density at radius 1 is 1.40 bits per heavy atom. The van der Waals surface area contributed by atoms with Crippen molar-refractivity contribution in [2.45, 2.75) is 19.8 Å². The molecule has 110 valence electrons. The third-order valence-corrected chi connectivity index (χ3v) is 4.02. The number of aromatic nitrogens is 2. The average Bonchev–Trinajstić information content (AvgIpc) is 2.60. The van der Waals surface area contributed by atoms with Crippen molar-refractivity contribution in [1.29, 1.82) is 0 Å². The van der Waals surface area contributed by atoms with Gasteiger partial charge in [0, 0.05) is 26.7 Å². The monoisotopic (exact) mass is 341 g/mol. The molecule has 1 aliphatic heterocycles. The van der Waals surface area contributed by atoms with Crippen molar-refractivity contribution in [2.75, 3.05) is 43.4 Å². The molecule has 1 N–H and O–H groups in total. The molecule has 0 aliphatic carbocycles. The highest BCUT2D eigenvalue weighted by Gasteiger charge is 2.22. The van der Waals surface area contributed by atoms with Crippen LogP contribution in [0.15, 0.2) is 10.8 Å². The van der Waals surface area contributed by atoms with E-state index in [1.54, 1.807) is 4.90 Å². The van der Waals surface area contributed by atoms with Gasteiger partial charge in [0.15, 0.2) is 0 Å². The molecule has 2 heterocycles. The Labute approximate surface area is 127 Å². The maximum absolute atomic E-state index is 12.0. The van der Waals surface area contributed by atoms with E-state index in [1.807, 2.05) is 11.9 Å². The lowest BCUT2D eigenvalue weighted by atomic mass is 10.3. The SMILES string of the molecule is CCCNc1ncnc(N2CCCN(C)C(=O)C2)c1Br. The lowest BCUT2D eigenvalue weighted by molar-refractivity contribution is -0.127. The van der Waals surface area contributed by atoms with Crippen molar-refractivity contribution in [3.63, 3.8) is 0 Å². The molecule has 0 spiro atoms. The van der Waals surface area contributed by atoms with Gasteiger partial charge in [-0.15, -0.1) is 0 Å². The lowest BCUT2D eigenvalue weighted by Gasteiger charge is -2.22. The normalized spacial score (nSPS) is 16.2. The molecule has 6 nitrogen and oxygen atoms in total. The van der Waals surface area contributed by atoms with Crippen molar-refractivity contribution in [3.8, 4) is 0 Å². The summed E-state index contributed by atoms with van der Waals surface area (Å²) >= 11 is 3.55. The molecule has 1 fully saturated rings. The van der Waals surface area contributed by atoms with Crippen LogP contribution in [0.25, 0.3) is 0 Å². The summed E-state index contributed by atoms with van der Waals surface area (Å²) < 4.78 is 0.825. The molecule has 0 bridgehead atoms. The van der Waals surface area contributed by atoms with E-state index in [0.717, 1.165) is 48.6 Å². The molecule has 0 saturated carbocycles. The van der Waals surface area contributed by atoms with Crippen LogP contribution in [0.4, 0.5) is 11.6 Å². The van der Waals surface area contributed by atoms with Crippen molar-refractivity contribution < 1.29 is 4.79 Å². The van der Waals surface area contributed by atoms with Crippen LogP contribution in [0.3, 0.4) is 0 Å². The minimum atomic E-state index is 0.121. The Kier molecular flexibility index (Phi) is 5.17. The Balaban J connectivity index is 2.21. The van der Waals surface area contributed by atoms with Gasteiger partial charge in [-0.3, -0.25) is 4.79 Å². The van der Waals surface area contributed by atoms with Gasteiger partial charge in [-0.1, -0.05) is 6.92 Å². The van der Waals surface area contributed by atoms with Crippen molar-refractivity contribution >= 4 is 33.5 Å². The molecule has 7 heteroatoms. The zero-order valence-electron chi connectivity index (χ0n) is 11.9.